The number of methoxy groups -OCH3 is 2. The molecule has 1 aliphatic rings. The Hall–Kier alpha value is -3.98. The van der Waals surface area contributed by atoms with E-state index in [4.69, 9.17) is 9.15 Å². The largest absolute Gasteiger partial charge is 0.497 e. The van der Waals surface area contributed by atoms with Crippen molar-refractivity contribution in [1.29, 1.82) is 0 Å². The molecule has 0 atom stereocenters. The van der Waals surface area contributed by atoms with Crippen molar-refractivity contribution in [2.75, 3.05) is 40.4 Å². The number of piperazine rings is 1. The molecule has 1 aromatic heterocycles. The van der Waals surface area contributed by atoms with Gasteiger partial charge in [-0.2, -0.15) is 0 Å². The molecule has 9 heteroatoms. The van der Waals surface area contributed by atoms with E-state index in [1.165, 1.54) is 25.5 Å². The first-order valence-corrected chi connectivity index (χ1v) is 11.1. The van der Waals surface area contributed by atoms with Crippen molar-refractivity contribution < 1.29 is 27.9 Å². The summed E-state index contributed by atoms with van der Waals surface area (Å²) in [5.41, 5.74) is 2.17. The van der Waals surface area contributed by atoms with Crippen LogP contribution < -0.4 is 4.74 Å². The monoisotopic (exact) mass is 479 g/mol. The van der Waals surface area contributed by atoms with Gasteiger partial charge < -0.3 is 18.8 Å². The van der Waals surface area contributed by atoms with Gasteiger partial charge in [-0.15, -0.1) is 0 Å². The van der Waals surface area contributed by atoms with Crippen molar-refractivity contribution >= 4 is 17.4 Å². The SMILES string of the molecule is COC(=O)c1coc(CN2CCN(C(=O)C=C(c3ccc(OC)cc3)c3cccc(F)c3)CC2)n1. The van der Waals surface area contributed by atoms with Crippen molar-refractivity contribution in [1.82, 2.24) is 14.8 Å². The van der Waals surface area contributed by atoms with Crippen LogP contribution >= 0.6 is 0 Å². The second-order valence-electron chi connectivity index (χ2n) is 8.02. The number of carbonyl (C=O) groups excluding carboxylic acids is 2. The van der Waals surface area contributed by atoms with Gasteiger partial charge >= 0.3 is 5.97 Å². The summed E-state index contributed by atoms with van der Waals surface area (Å²) in [6.45, 7) is 2.69. The van der Waals surface area contributed by atoms with Crippen molar-refractivity contribution in [2.45, 2.75) is 6.54 Å². The summed E-state index contributed by atoms with van der Waals surface area (Å²) in [4.78, 5) is 32.7. The van der Waals surface area contributed by atoms with E-state index in [-0.39, 0.29) is 17.4 Å². The zero-order valence-corrected chi connectivity index (χ0v) is 19.6. The Morgan fingerprint density at radius 1 is 1.06 bits per heavy atom. The highest BCUT2D eigenvalue weighted by Gasteiger charge is 2.23. The first kappa shape index (κ1) is 24.2. The molecule has 0 aliphatic carbocycles. The average Bonchev–Trinajstić information content (AvgIpc) is 3.35. The molecular weight excluding hydrogens is 453 g/mol. The molecule has 1 saturated heterocycles. The number of hydrogen-bond donors (Lipinski definition) is 0. The van der Waals surface area contributed by atoms with Crippen LogP contribution in [0.1, 0.15) is 27.5 Å². The molecule has 1 fully saturated rings. The summed E-state index contributed by atoms with van der Waals surface area (Å²) in [5, 5.41) is 0. The van der Waals surface area contributed by atoms with Crippen LogP contribution in [-0.2, 0) is 16.1 Å². The second kappa shape index (κ2) is 11.0. The van der Waals surface area contributed by atoms with Crippen LogP contribution in [-0.4, -0.2) is 67.1 Å². The fraction of sp³-hybridized carbons (Fsp3) is 0.269. The number of esters is 1. The molecule has 182 valence electrons. The molecule has 0 N–H and O–H groups in total. The van der Waals surface area contributed by atoms with E-state index < -0.39 is 5.97 Å². The molecule has 0 spiro atoms. The highest BCUT2D eigenvalue weighted by molar-refractivity contribution is 5.99. The lowest BCUT2D eigenvalue weighted by Crippen LogP contribution is -2.47. The zero-order valence-electron chi connectivity index (χ0n) is 19.6. The quantitative estimate of drug-likeness (QED) is 0.379. The number of benzene rings is 2. The Balaban J connectivity index is 1.45. The van der Waals surface area contributed by atoms with Gasteiger partial charge in [-0.1, -0.05) is 24.3 Å². The standard InChI is InChI=1S/C26H26FN3O5/c1-33-21-8-6-18(7-9-21)22(19-4-3-5-20(27)14-19)15-25(31)30-12-10-29(11-13-30)16-24-28-23(17-35-24)26(32)34-2/h3-9,14-15,17H,10-13,16H2,1-2H3. The topological polar surface area (TPSA) is 85.1 Å². The summed E-state index contributed by atoms with van der Waals surface area (Å²) in [6.07, 6.45) is 2.84. The number of ether oxygens (including phenoxy) is 2. The molecule has 35 heavy (non-hydrogen) atoms. The van der Waals surface area contributed by atoms with Crippen LogP contribution in [0.3, 0.4) is 0 Å². The molecule has 4 rings (SSSR count). The third-order valence-electron chi connectivity index (χ3n) is 5.79. The maximum atomic E-state index is 14.0. The molecule has 1 amide bonds. The number of nitrogens with zero attached hydrogens (tertiary/aromatic N) is 3. The Morgan fingerprint density at radius 2 is 1.80 bits per heavy atom. The molecule has 0 saturated carbocycles. The van der Waals surface area contributed by atoms with Crippen molar-refractivity contribution in [3.05, 3.63) is 89.4 Å². The molecule has 8 nitrogen and oxygen atoms in total. The van der Waals surface area contributed by atoms with Crippen molar-refractivity contribution in [3.63, 3.8) is 0 Å². The van der Waals surface area contributed by atoms with Crippen LogP contribution in [0.4, 0.5) is 4.39 Å². The molecule has 1 aliphatic heterocycles. The Bertz CT molecular complexity index is 1210. The first-order valence-electron chi connectivity index (χ1n) is 11.1. The third kappa shape index (κ3) is 5.93. The molecular formula is C26H26FN3O5. The van der Waals surface area contributed by atoms with Crippen molar-refractivity contribution in [3.8, 4) is 5.75 Å². The van der Waals surface area contributed by atoms with Crippen LogP contribution in [0.5, 0.6) is 5.75 Å². The molecule has 0 unspecified atom stereocenters. The van der Waals surface area contributed by atoms with E-state index >= 15 is 0 Å². The maximum absolute atomic E-state index is 14.0. The summed E-state index contributed by atoms with van der Waals surface area (Å²) >= 11 is 0. The lowest BCUT2D eigenvalue weighted by atomic mass is 9.97. The van der Waals surface area contributed by atoms with Crippen molar-refractivity contribution in [2.24, 2.45) is 0 Å². The second-order valence-corrected chi connectivity index (χ2v) is 8.02. The number of halogens is 1. The van der Waals surface area contributed by atoms with Gasteiger partial charge in [0.2, 0.25) is 11.8 Å². The van der Waals surface area contributed by atoms with Gasteiger partial charge in [0.25, 0.3) is 0 Å². The van der Waals surface area contributed by atoms with E-state index in [1.54, 1.807) is 42.4 Å². The molecule has 0 bridgehead atoms. The average molecular weight is 480 g/mol. The predicted molar refractivity (Wildman–Crippen MR) is 126 cm³/mol. The Morgan fingerprint density at radius 3 is 2.46 bits per heavy atom. The fourth-order valence-electron chi connectivity index (χ4n) is 3.87. The summed E-state index contributed by atoms with van der Waals surface area (Å²) in [6, 6.07) is 13.5. The highest BCUT2D eigenvalue weighted by atomic mass is 19.1. The smallest absolute Gasteiger partial charge is 0.360 e. The third-order valence-corrected chi connectivity index (χ3v) is 5.79. The van der Waals surface area contributed by atoms with Crippen LogP contribution in [0, 0.1) is 5.82 Å². The Labute approximate surface area is 202 Å². The van der Waals surface area contributed by atoms with Crippen LogP contribution in [0.25, 0.3) is 5.57 Å². The van der Waals surface area contributed by atoms with E-state index in [1.807, 2.05) is 12.1 Å². The molecule has 2 aromatic carbocycles. The molecule has 3 aromatic rings. The summed E-state index contributed by atoms with van der Waals surface area (Å²) in [7, 11) is 2.87. The van der Waals surface area contributed by atoms with Gasteiger partial charge in [-0.3, -0.25) is 9.69 Å². The minimum atomic E-state index is -0.548. The zero-order chi connectivity index (χ0) is 24.8. The number of amides is 1. The lowest BCUT2D eigenvalue weighted by molar-refractivity contribution is -0.127. The highest BCUT2D eigenvalue weighted by Crippen LogP contribution is 2.26. The predicted octanol–water partition coefficient (Wildman–Crippen LogP) is 3.39. The first-order chi connectivity index (χ1) is 17.0. The minimum absolute atomic E-state index is 0.130. The van der Waals surface area contributed by atoms with Gasteiger partial charge in [-0.05, 0) is 41.0 Å². The van der Waals surface area contributed by atoms with Gasteiger partial charge in [0.05, 0.1) is 20.8 Å². The molecule has 0 radical (unpaired) electrons. The van der Waals surface area contributed by atoms with E-state index in [9.17, 15) is 14.0 Å². The normalized spacial score (nSPS) is 14.6. The maximum Gasteiger partial charge on any atom is 0.360 e. The molecule has 2 heterocycles. The number of hydrogen-bond acceptors (Lipinski definition) is 7. The van der Waals surface area contributed by atoms with Crippen LogP contribution in [0.15, 0.2) is 65.3 Å². The van der Waals surface area contributed by atoms with E-state index in [0.29, 0.717) is 55.5 Å². The van der Waals surface area contributed by atoms with Crippen LogP contribution in [0.2, 0.25) is 0 Å². The minimum Gasteiger partial charge on any atom is -0.497 e. The Kier molecular flexibility index (Phi) is 7.57. The fourth-order valence-corrected chi connectivity index (χ4v) is 3.87. The number of carbonyl (C=O) groups is 2. The van der Waals surface area contributed by atoms with Gasteiger partial charge in [0.15, 0.2) is 5.69 Å². The number of oxazole rings is 1. The summed E-state index contributed by atoms with van der Waals surface area (Å²) in [5.74, 6) is 0.0411. The van der Waals surface area contributed by atoms with Gasteiger partial charge in [0, 0.05) is 32.3 Å². The van der Waals surface area contributed by atoms with E-state index in [2.05, 4.69) is 14.6 Å². The lowest BCUT2D eigenvalue weighted by Gasteiger charge is -2.33. The number of aromatic nitrogens is 1. The van der Waals surface area contributed by atoms with Gasteiger partial charge in [0.1, 0.15) is 17.8 Å². The van der Waals surface area contributed by atoms with Gasteiger partial charge in [-0.25, -0.2) is 14.2 Å². The number of rotatable bonds is 7. The van der Waals surface area contributed by atoms with E-state index in [0.717, 1.165) is 5.56 Å². The summed E-state index contributed by atoms with van der Waals surface area (Å²) < 4.78 is 29.2.